The van der Waals surface area contributed by atoms with Crippen molar-refractivity contribution >= 4 is 39.7 Å². The minimum atomic E-state index is -1.63. The molecule has 0 aliphatic carbocycles. The second-order valence-corrected chi connectivity index (χ2v) is 14.0. The number of amides is 2. The van der Waals surface area contributed by atoms with E-state index in [0.717, 1.165) is 21.2 Å². The van der Waals surface area contributed by atoms with E-state index < -0.39 is 34.5 Å². The number of hydrogen-bond donors (Lipinski definition) is 3. The molecule has 0 spiro atoms. The molecule has 232 valence electrons. The Bertz CT molecular complexity index is 1450. The monoisotopic (exact) mass is 605 g/mol. The molecule has 1 heterocycles. The molecule has 3 atom stereocenters. The van der Waals surface area contributed by atoms with Crippen LogP contribution in [0.25, 0.3) is 10.8 Å². The molecule has 43 heavy (non-hydrogen) atoms. The molecule has 0 fully saturated rings. The molecule has 2 amide bonds. The van der Waals surface area contributed by atoms with E-state index in [4.69, 9.17) is 17.2 Å². The molecule has 9 heteroatoms. The maximum Gasteiger partial charge on any atom is 0.246 e. The first-order valence-electron chi connectivity index (χ1n) is 14.5. The van der Waals surface area contributed by atoms with Crippen LogP contribution in [0.15, 0.2) is 72.1 Å². The van der Waals surface area contributed by atoms with Crippen molar-refractivity contribution in [1.82, 2.24) is 9.80 Å². The van der Waals surface area contributed by atoms with Gasteiger partial charge in [0.2, 0.25) is 11.8 Å². The Balaban J connectivity index is 2.05. The summed E-state index contributed by atoms with van der Waals surface area (Å²) in [5, 5.41) is 4.02. The van der Waals surface area contributed by atoms with Crippen LogP contribution in [-0.2, 0) is 27.2 Å². The van der Waals surface area contributed by atoms with Crippen LogP contribution in [-0.4, -0.2) is 64.3 Å². The third kappa shape index (κ3) is 8.83. The van der Waals surface area contributed by atoms with Crippen molar-refractivity contribution in [2.75, 3.05) is 14.1 Å². The van der Waals surface area contributed by atoms with Gasteiger partial charge in [-0.3, -0.25) is 14.4 Å². The predicted molar refractivity (Wildman–Crippen MR) is 176 cm³/mol. The van der Waals surface area contributed by atoms with Crippen LogP contribution in [0.1, 0.15) is 51.5 Å². The third-order valence-corrected chi connectivity index (χ3v) is 8.90. The Morgan fingerprint density at radius 1 is 0.884 bits per heavy atom. The van der Waals surface area contributed by atoms with Crippen LogP contribution < -0.4 is 17.2 Å². The van der Waals surface area contributed by atoms with E-state index in [1.54, 1.807) is 40.9 Å². The van der Waals surface area contributed by atoms with Crippen molar-refractivity contribution in [3.63, 3.8) is 0 Å². The van der Waals surface area contributed by atoms with Gasteiger partial charge in [-0.05, 0) is 81.3 Å². The zero-order valence-electron chi connectivity index (χ0n) is 26.5. The van der Waals surface area contributed by atoms with Gasteiger partial charge >= 0.3 is 0 Å². The zero-order chi connectivity index (χ0) is 32.2. The molecular weight excluding hydrogens is 558 g/mol. The van der Waals surface area contributed by atoms with Crippen LogP contribution >= 0.6 is 11.3 Å². The number of thiophene rings is 1. The molecule has 6 N–H and O–H groups in total. The van der Waals surface area contributed by atoms with Crippen LogP contribution in [0, 0.1) is 5.92 Å². The number of Topliss-reactive ketones (excluding diaryl/α,β-unsaturated/α-hetero) is 1. The highest BCUT2D eigenvalue weighted by Gasteiger charge is 2.48. The summed E-state index contributed by atoms with van der Waals surface area (Å²) in [4.78, 5) is 45.8. The van der Waals surface area contributed by atoms with Crippen LogP contribution in [0.2, 0.25) is 0 Å². The summed E-state index contributed by atoms with van der Waals surface area (Å²) in [5.41, 5.74) is 17.1. The number of benzene rings is 2. The number of carbonyl (C=O) groups excluding carboxylic acids is 3. The first-order chi connectivity index (χ1) is 19.9. The lowest BCUT2D eigenvalue weighted by Crippen LogP contribution is -2.65. The number of ketones is 1. The van der Waals surface area contributed by atoms with Crippen molar-refractivity contribution < 1.29 is 14.4 Å². The van der Waals surface area contributed by atoms with Gasteiger partial charge in [0.25, 0.3) is 0 Å². The highest BCUT2D eigenvalue weighted by Crippen LogP contribution is 2.29. The van der Waals surface area contributed by atoms with Gasteiger partial charge in [-0.1, -0.05) is 54.6 Å². The SMILES string of the molecule is CN(C(=O)/C=C/CC(C)(C)N)[C@H](Cc1ccc2ccccc2c1)C(=O)C(C)(N)[C@H](Cc1cccs1)C(=O)N(C)C(C)(C)N. The quantitative estimate of drug-likeness (QED) is 0.197. The summed E-state index contributed by atoms with van der Waals surface area (Å²) in [7, 11) is 3.22. The molecule has 0 saturated heterocycles. The Hall–Kier alpha value is -3.37. The highest BCUT2D eigenvalue weighted by molar-refractivity contribution is 7.09. The van der Waals surface area contributed by atoms with Crippen LogP contribution in [0.4, 0.5) is 0 Å². The number of rotatable bonds is 13. The van der Waals surface area contributed by atoms with Gasteiger partial charge in [0.05, 0.1) is 23.2 Å². The van der Waals surface area contributed by atoms with Gasteiger partial charge in [0.1, 0.15) is 0 Å². The summed E-state index contributed by atoms with van der Waals surface area (Å²) >= 11 is 1.50. The molecule has 0 radical (unpaired) electrons. The largest absolute Gasteiger partial charge is 0.332 e. The van der Waals surface area contributed by atoms with Gasteiger partial charge in [-0.15, -0.1) is 11.3 Å². The number of fused-ring (bicyclic) bond motifs is 1. The molecule has 3 aromatic rings. The van der Waals surface area contributed by atoms with Crippen LogP contribution in [0.3, 0.4) is 0 Å². The summed E-state index contributed by atoms with van der Waals surface area (Å²) in [6.45, 7) is 8.81. The van der Waals surface area contributed by atoms with E-state index in [9.17, 15) is 14.4 Å². The highest BCUT2D eigenvalue weighted by atomic mass is 32.1. The van der Waals surface area contributed by atoms with Gasteiger partial charge < -0.3 is 27.0 Å². The number of carbonyl (C=O) groups is 3. The van der Waals surface area contributed by atoms with Crippen molar-refractivity contribution in [2.24, 2.45) is 23.1 Å². The smallest absolute Gasteiger partial charge is 0.246 e. The summed E-state index contributed by atoms with van der Waals surface area (Å²) in [6.07, 6.45) is 4.15. The van der Waals surface area contributed by atoms with Crippen molar-refractivity contribution in [3.05, 3.63) is 82.6 Å². The molecule has 0 aliphatic rings. The number of hydrogen-bond acceptors (Lipinski definition) is 7. The lowest BCUT2D eigenvalue weighted by molar-refractivity contribution is -0.147. The molecule has 1 aromatic heterocycles. The second-order valence-electron chi connectivity index (χ2n) is 13.0. The predicted octanol–water partition coefficient (Wildman–Crippen LogP) is 4.25. The van der Waals surface area contributed by atoms with E-state index in [1.165, 1.54) is 27.2 Å². The molecule has 3 rings (SSSR count). The van der Waals surface area contributed by atoms with Gasteiger partial charge in [0, 0.05) is 30.9 Å². The molecule has 1 unspecified atom stereocenters. The fourth-order valence-corrected chi connectivity index (χ4v) is 5.72. The van der Waals surface area contributed by atoms with Crippen LogP contribution in [0.5, 0.6) is 0 Å². The Labute approximate surface area is 259 Å². The molecule has 0 aliphatic heterocycles. The van der Waals surface area contributed by atoms with Gasteiger partial charge in [0.15, 0.2) is 5.78 Å². The van der Waals surface area contributed by atoms with E-state index >= 15 is 0 Å². The molecule has 8 nitrogen and oxygen atoms in total. The van der Waals surface area contributed by atoms with Crippen molar-refractivity contribution in [2.45, 2.75) is 76.7 Å². The first-order valence-corrected chi connectivity index (χ1v) is 15.4. The average Bonchev–Trinajstić information content (AvgIpc) is 3.45. The summed E-state index contributed by atoms with van der Waals surface area (Å²) in [6, 6.07) is 16.8. The number of nitrogens with two attached hydrogens (primary N) is 3. The second kappa shape index (κ2) is 13.5. The average molecular weight is 606 g/mol. The van der Waals surface area contributed by atoms with Crippen molar-refractivity contribution in [1.29, 1.82) is 0 Å². The molecule has 0 saturated carbocycles. The fraction of sp³-hybridized carbons (Fsp3) is 0.441. The minimum absolute atomic E-state index is 0.229. The maximum atomic E-state index is 14.6. The maximum absolute atomic E-state index is 14.6. The first kappa shape index (κ1) is 34.1. The lowest BCUT2D eigenvalue weighted by atomic mass is 9.75. The van der Waals surface area contributed by atoms with E-state index in [-0.39, 0.29) is 24.7 Å². The standard InChI is InChI=1S/C34H47N5O3S/c1-32(2,35)18-10-15-29(40)38(6)28(21-23-16-17-24-12-8-9-13-25(24)20-23)30(41)34(5,37)27(22-26-14-11-19-43-26)31(42)39(7)33(3,4)36/h8-17,19-20,27-28H,18,21-22,35-37H2,1-7H3/b15-10+/t27-,28-,34?/m1/s1. The Kier molecular flexibility index (Phi) is 10.7. The topological polar surface area (TPSA) is 136 Å². The van der Waals surface area contributed by atoms with E-state index in [1.807, 2.05) is 73.8 Å². The fourth-order valence-electron chi connectivity index (χ4n) is 4.96. The zero-order valence-corrected chi connectivity index (χ0v) is 27.3. The molecular formula is C34H47N5O3S. The Morgan fingerprint density at radius 2 is 1.53 bits per heavy atom. The van der Waals surface area contributed by atoms with Gasteiger partial charge in [-0.2, -0.15) is 0 Å². The normalized spacial score (nSPS) is 15.2. The van der Waals surface area contributed by atoms with E-state index in [2.05, 4.69) is 0 Å². The van der Waals surface area contributed by atoms with Gasteiger partial charge in [-0.25, -0.2) is 0 Å². The summed E-state index contributed by atoms with van der Waals surface area (Å²) < 4.78 is 0. The lowest BCUT2D eigenvalue weighted by Gasteiger charge is -2.41. The molecule has 0 bridgehead atoms. The number of likely N-dealkylation sites (N-methyl/N-ethyl adjacent to an activating group) is 1. The van der Waals surface area contributed by atoms with E-state index in [0.29, 0.717) is 6.42 Å². The summed E-state index contributed by atoms with van der Waals surface area (Å²) in [5.74, 6) is -1.99. The minimum Gasteiger partial charge on any atom is -0.332 e. The third-order valence-electron chi connectivity index (χ3n) is 8.00. The number of nitrogens with zero attached hydrogens (tertiary/aromatic N) is 2. The Morgan fingerprint density at radius 3 is 2.12 bits per heavy atom. The molecule has 2 aromatic carbocycles. The van der Waals surface area contributed by atoms with Crippen molar-refractivity contribution in [3.8, 4) is 0 Å².